The Morgan fingerprint density at radius 3 is 2.50 bits per heavy atom. The lowest BCUT2D eigenvalue weighted by Gasteiger charge is -2.22. The van der Waals surface area contributed by atoms with E-state index in [0.29, 0.717) is 12.1 Å². The fraction of sp³-hybridized carbons (Fsp3) is 0.600. The van der Waals surface area contributed by atoms with Crippen molar-refractivity contribution in [3.8, 4) is 0 Å². The maximum absolute atomic E-state index is 3.73. The molecule has 1 heteroatoms. The van der Waals surface area contributed by atoms with Crippen LogP contribution in [-0.4, -0.2) is 6.04 Å². The molecule has 1 aromatic carbocycles. The highest BCUT2D eigenvalue weighted by Gasteiger charge is 2.28. The fourth-order valence-electron chi connectivity index (χ4n) is 2.46. The molecule has 0 amide bonds. The molecule has 2 unspecified atom stereocenters. The van der Waals surface area contributed by atoms with Crippen LogP contribution in [0.5, 0.6) is 0 Å². The van der Waals surface area contributed by atoms with Crippen LogP contribution in [0.3, 0.4) is 0 Å². The number of hydrogen-bond donors (Lipinski definition) is 1. The van der Waals surface area contributed by atoms with Crippen LogP contribution in [0.15, 0.2) is 18.2 Å². The van der Waals surface area contributed by atoms with Crippen LogP contribution in [-0.2, 0) is 0 Å². The first-order chi connectivity index (χ1) is 7.59. The van der Waals surface area contributed by atoms with Gasteiger partial charge in [0.2, 0.25) is 0 Å². The lowest BCUT2D eigenvalue weighted by molar-refractivity contribution is 0.440. The minimum atomic E-state index is 0.468. The van der Waals surface area contributed by atoms with E-state index >= 15 is 0 Å². The number of hydrogen-bond acceptors (Lipinski definition) is 1. The Balaban J connectivity index is 2.07. The van der Waals surface area contributed by atoms with Gasteiger partial charge in [0.25, 0.3) is 0 Å². The van der Waals surface area contributed by atoms with E-state index in [-0.39, 0.29) is 0 Å². The van der Waals surface area contributed by atoms with Gasteiger partial charge in [-0.2, -0.15) is 0 Å². The van der Waals surface area contributed by atoms with Gasteiger partial charge in [0.05, 0.1) is 0 Å². The Labute approximate surface area is 99.3 Å². The van der Waals surface area contributed by atoms with E-state index in [1.54, 1.807) is 0 Å². The van der Waals surface area contributed by atoms with Crippen molar-refractivity contribution in [1.29, 1.82) is 0 Å². The highest BCUT2D eigenvalue weighted by molar-refractivity contribution is 5.35. The molecule has 0 heterocycles. The molecule has 88 valence electrons. The highest BCUT2D eigenvalue weighted by atomic mass is 15.0. The monoisotopic (exact) mass is 217 g/mol. The standard InChI is InChI=1S/C15H23N/c1-10-6-5-7-15(11(10)2)13(4)16-12(3)14-8-9-14/h5-7,12-14,16H,8-9H2,1-4H3. The topological polar surface area (TPSA) is 12.0 Å². The molecule has 1 saturated carbocycles. The molecule has 0 aliphatic heterocycles. The van der Waals surface area contributed by atoms with E-state index < -0.39 is 0 Å². The molecule has 1 N–H and O–H groups in total. The molecule has 0 bridgehead atoms. The van der Waals surface area contributed by atoms with Gasteiger partial charge in [-0.05, 0) is 63.1 Å². The van der Waals surface area contributed by atoms with Crippen molar-refractivity contribution >= 4 is 0 Å². The molecule has 0 saturated heterocycles. The third-order valence-corrected chi connectivity index (χ3v) is 3.96. The van der Waals surface area contributed by atoms with Gasteiger partial charge in [-0.1, -0.05) is 18.2 Å². The summed E-state index contributed by atoms with van der Waals surface area (Å²) in [6.07, 6.45) is 2.82. The molecule has 1 fully saturated rings. The molecule has 1 aliphatic carbocycles. The Hall–Kier alpha value is -0.820. The summed E-state index contributed by atoms with van der Waals surface area (Å²) in [5, 5.41) is 3.73. The third kappa shape index (κ3) is 2.46. The molecule has 1 nitrogen and oxygen atoms in total. The lowest BCUT2D eigenvalue weighted by atomic mass is 9.97. The number of rotatable bonds is 4. The molecular weight excluding hydrogens is 194 g/mol. The molecule has 2 rings (SSSR count). The Kier molecular flexibility index (Phi) is 3.34. The second-order valence-corrected chi connectivity index (χ2v) is 5.30. The SMILES string of the molecule is Cc1cccc(C(C)NC(C)C2CC2)c1C. The van der Waals surface area contributed by atoms with E-state index in [4.69, 9.17) is 0 Å². The van der Waals surface area contributed by atoms with Crippen molar-refractivity contribution in [1.82, 2.24) is 5.32 Å². The normalized spacial score (nSPS) is 19.5. The van der Waals surface area contributed by atoms with Crippen molar-refractivity contribution in [2.75, 3.05) is 0 Å². The highest BCUT2D eigenvalue weighted by Crippen LogP contribution is 2.33. The van der Waals surface area contributed by atoms with Gasteiger partial charge in [0, 0.05) is 12.1 Å². The van der Waals surface area contributed by atoms with Crippen LogP contribution in [0.4, 0.5) is 0 Å². The van der Waals surface area contributed by atoms with Gasteiger partial charge in [-0.15, -0.1) is 0 Å². The first-order valence-electron chi connectivity index (χ1n) is 6.41. The Morgan fingerprint density at radius 2 is 1.88 bits per heavy atom. The quantitative estimate of drug-likeness (QED) is 0.810. The molecule has 2 atom stereocenters. The van der Waals surface area contributed by atoms with Crippen LogP contribution in [0.2, 0.25) is 0 Å². The van der Waals surface area contributed by atoms with E-state index in [1.165, 1.54) is 29.5 Å². The summed E-state index contributed by atoms with van der Waals surface area (Å²) in [5.41, 5.74) is 4.28. The van der Waals surface area contributed by atoms with Gasteiger partial charge in [0.1, 0.15) is 0 Å². The molecule has 0 spiro atoms. The Bertz CT molecular complexity index is 366. The first-order valence-corrected chi connectivity index (χ1v) is 6.41. The maximum atomic E-state index is 3.73. The van der Waals surface area contributed by atoms with Crippen LogP contribution in [0.1, 0.15) is 49.4 Å². The fourth-order valence-corrected chi connectivity index (χ4v) is 2.46. The zero-order chi connectivity index (χ0) is 11.7. The summed E-state index contributed by atoms with van der Waals surface area (Å²) in [6, 6.07) is 7.73. The first kappa shape index (κ1) is 11.7. The van der Waals surface area contributed by atoms with Gasteiger partial charge < -0.3 is 5.32 Å². The van der Waals surface area contributed by atoms with Crippen LogP contribution in [0.25, 0.3) is 0 Å². The molecule has 16 heavy (non-hydrogen) atoms. The Morgan fingerprint density at radius 1 is 1.19 bits per heavy atom. The molecule has 1 aromatic rings. The summed E-state index contributed by atoms with van der Waals surface area (Å²) < 4.78 is 0. The predicted octanol–water partition coefficient (Wildman–Crippen LogP) is 3.75. The lowest BCUT2D eigenvalue weighted by Crippen LogP contribution is -2.30. The van der Waals surface area contributed by atoms with E-state index in [2.05, 4.69) is 51.2 Å². The van der Waals surface area contributed by atoms with Crippen molar-refractivity contribution in [3.63, 3.8) is 0 Å². The number of benzene rings is 1. The summed E-state index contributed by atoms with van der Waals surface area (Å²) in [4.78, 5) is 0. The largest absolute Gasteiger partial charge is 0.307 e. The molecule has 1 aliphatic rings. The second-order valence-electron chi connectivity index (χ2n) is 5.30. The third-order valence-electron chi connectivity index (χ3n) is 3.96. The van der Waals surface area contributed by atoms with Crippen molar-refractivity contribution in [2.24, 2.45) is 5.92 Å². The van der Waals surface area contributed by atoms with Crippen LogP contribution in [0, 0.1) is 19.8 Å². The molecule has 0 aromatic heterocycles. The van der Waals surface area contributed by atoms with Gasteiger partial charge in [0.15, 0.2) is 0 Å². The zero-order valence-electron chi connectivity index (χ0n) is 10.9. The minimum Gasteiger partial charge on any atom is -0.307 e. The van der Waals surface area contributed by atoms with E-state index in [0.717, 1.165) is 5.92 Å². The number of nitrogens with one attached hydrogen (secondary N) is 1. The van der Waals surface area contributed by atoms with Crippen LogP contribution >= 0.6 is 0 Å². The summed E-state index contributed by atoms with van der Waals surface area (Å²) in [6.45, 7) is 9.01. The summed E-state index contributed by atoms with van der Waals surface area (Å²) >= 11 is 0. The second kappa shape index (κ2) is 4.58. The van der Waals surface area contributed by atoms with Gasteiger partial charge in [-0.3, -0.25) is 0 Å². The average Bonchev–Trinajstić information content (AvgIpc) is 3.05. The maximum Gasteiger partial charge on any atom is 0.0297 e. The van der Waals surface area contributed by atoms with Crippen LogP contribution < -0.4 is 5.32 Å². The van der Waals surface area contributed by atoms with Gasteiger partial charge >= 0.3 is 0 Å². The molecule has 0 radical (unpaired) electrons. The summed E-state index contributed by atoms with van der Waals surface area (Å²) in [5.74, 6) is 0.924. The average molecular weight is 217 g/mol. The van der Waals surface area contributed by atoms with Gasteiger partial charge in [-0.25, -0.2) is 0 Å². The van der Waals surface area contributed by atoms with Crippen molar-refractivity contribution in [2.45, 2.75) is 52.6 Å². The minimum absolute atomic E-state index is 0.468. The molecular formula is C15H23N. The zero-order valence-corrected chi connectivity index (χ0v) is 10.9. The van der Waals surface area contributed by atoms with E-state index in [1.807, 2.05) is 0 Å². The smallest absolute Gasteiger partial charge is 0.0297 e. The predicted molar refractivity (Wildman–Crippen MR) is 69.7 cm³/mol. The van der Waals surface area contributed by atoms with E-state index in [9.17, 15) is 0 Å². The summed E-state index contributed by atoms with van der Waals surface area (Å²) in [7, 11) is 0. The number of aryl methyl sites for hydroxylation is 1. The van der Waals surface area contributed by atoms with Crippen molar-refractivity contribution in [3.05, 3.63) is 34.9 Å². The van der Waals surface area contributed by atoms with Crippen molar-refractivity contribution < 1.29 is 0 Å².